The molecular weight excluding hydrogens is 386 g/mol. The van der Waals surface area contributed by atoms with Crippen molar-refractivity contribution in [1.29, 1.82) is 0 Å². The maximum absolute atomic E-state index is 12.8. The smallest absolute Gasteiger partial charge is 0.158 e. The summed E-state index contributed by atoms with van der Waals surface area (Å²) < 4.78 is 0. The van der Waals surface area contributed by atoms with E-state index >= 15 is 0 Å². The Hall–Kier alpha value is -2.43. The Labute approximate surface area is 176 Å². The molecule has 3 rings (SSSR count). The Kier molecular flexibility index (Phi) is 5.97. The molecule has 29 heavy (non-hydrogen) atoms. The molecule has 4 nitrogen and oxygen atoms in total. The minimum Gasteiger partial charge on any atom is -0.389 e. The topological polar surface area (TPSA) is 66.4 Å². The van der Waals surface area contributed by atoms with Gasteiger partial charge < -0.3 is 10.4 Å². The summed E-state index contributed by atoms with van der Waals surface area (Å²) in [6, 6.07) is 15.0. The Morgan fingerprint density at radius 3 is 2.28 bits per heavy atom. The van der Waals surface area contributed by atoms with Gasteiger partial charge in [0, 0.05) is 34.3 Å². The van der Waals surface area contributed by atoms with Crippen LogP contribution in [-0.2, 0) is 9.59 Å². The average molecular weight is 412 g/mol. The monoisotopic (exact) mass is 411 g/mol. The second kappa shape index (κ2) is 8.13. The lowest BCUT2D eigenvalue weighted by Gasteiger charge is -2.43. The van der Waals surface area contributed by atoms with Gasteiger partial charge in [-0.2, -0.15) is 0 Å². The van der Waals surface area contributed by atoms with Crippen molar-refractivity contribution in [3.63, 3.8) is 0 Å². The minimum atomic E-state index is -1.33. The number of benzene rings is 2. The van der Waals surface area contributed by atoms with Gasteiger partial charge in [0.05, 0.1) is 11.5 Å². The zero-order valence-electron chi connectivity index (χ0n) is 17.1. The van der Waals surface area contributed by atoms with Gasteiger partial charge in [-0.15, -0.1) is 0 Å². The first-order chi connectivity index (χ1) is 13.6. The molecule has 0 aliphatic heterocycles. The number of aryl methyl sites for hydroxylation is 1. The molecule has 0 saturated carbocycles. The number of Topliss-reactive ketones (excluding diaryl/α,β-unsaturated/α-hetero) is 2. The van der Waals surface area contributed by atoms with Crippen molar-refractivity contribution < 1.29 is 14.7 Å². The standard InChI is InChI=1S/C24H26ClNO3/c1-14-9-11-17(12-10-14)26-20-13-24(4,29)23(16(3)28)22(21(20)15(2)27)18-7-5-6-8-19(18)25/h5-12,22-23,26,29H,13H2,1-4H3. The van der Waals surface area contributed by atoms with Crippen LogP contribution in [0.4, 0.5) is 5.69 Å². The van der Waals surface area contributed by atoms with Gasteiger partial charge in [0.2, 0.25) is 0 Å². The zero-order chi connectivity index (χ0) is 21.3. The van der Waals surface area contributed by atoms with Crippen molar-refractivity contribution in [3.8, 4) is 0 Å². The summed E-state index contributed by atoms with van der Waals surface area (Å²) in [4.78, 5) is 25.4. The summed E-state index contributed by atoms with van der Waals surface area (Å²) in [5.41, 5.74) is 2.39. The molecule has 1 aliphatic rings. The molecule has 0 aromatic heterocycles. The summed E-state index contributed by atoms with van der Waals surface area (Å²) in [6.45, 7) is 6.60. The highest BCUT2D eigenvalue weighted by atomic mass is 35.5. The van der Waals surface area contributed by atoms with Gasteiger partial charge in [0.1, 0.15) is 5.78 Å². The largest absolute Gasteiger partial charge is 0.389 e. The molecule has 0 bridgehead atoms. The van der Waals surface area contributed by atoms with E-state index in [0.29, 0.717) is 21.9 Å². The van der Waals surface area contributed by atoms with Crippen LogP contribution in [0.5, 0.6) is 0 Å². The zero-order valence-corrected chi connectivity index (χ0v) is 17.9. The summed E-state index contributed by atoms with van der Waals surface area (Å²) in [5.74, 6) is -1.72. The number of hydrogen-bond donors (Lipinski definition) is 2. The number of carbonyl (C=O) groups is 2. The third-order valence-corrected chi connectivity index (χ3v) is 5.92. The molecule has 0 saturated heterocycles. The highest BCUT2D eigenvalue weighted by Gasteiger charge is 2.49. The summed E-state index contributed by atoms with van der Waals surface area (Å²) in [7, 11) is 0. The van der Waals surface area contributed by atoms with Crippen molar-refractivity contribution in [2.24, 2.45) is 5.92 Å². The van der Waals surface area contributed by atoms with Gasteiger partial charge in [-0.05, 0) is 51.5 Å². The molecule has 1 aliphatic carbocycles. The molecule has 0 fully saturated rings. The van der Waals surface area contributed by atoms with Crippen LogP contribution in [0.3, 0.4) is 0 Å². The molecule has 2 aromatic rings. The van der Waals surface area contributed by atoms with Gasteiger partial charge in [-0.25, -0.2) is 0 Å². The lowest BCUT2D eigenvalue weighted by atomic mass is 9.64. The molecule has 0 amide bonds. The maximum Gasteiger partial charge on any atom is 0.158 e. The van der Waals surface area contributed by atoms with Crippen LogP contribution >= 0.6 is 11.6 Å². The van der Waals surface area contributed by atoms with Gasteiger partial charge in [0.25, 0.3) is 0 Å². The third-order valence-electron chi connectivity index (χ3n) is 5.58. The number of halogens is 1. The van der Waals surface area contributed by atoms with Gasteiger partial charge in [-0.1, -0.05) is 47.5 Å². The predicted octanol–water partition coefficient (Wildman–Crippen LogP) is 5.05. The Morgan fingerprint density at radius 2 is 1.72 bits per heavy atom. The second-order valence-electron chi connectivity index (χ2n) is 8.06. The molecule has 0 radical (unpaired) electrons. The summed E-state index contributed by atoms with van der Waals surface area (Å²) in [5, 5.41) is 15.1. The van der Waals surface area contributed by atoms with Gasteiger partial charge in [0.15, 0.2) is 5.78 Å². The fourth-order valence-corrected chi connectivity index (χ4v) is 4.62. The van der Waals surface area contributed by atoms with Crippen molar-refractivity contribution in [2.45, 2.75) is 45.6 Å². The highest BCUT2D eigenvalue weighted by molar-refractivity contribution is 6.31. The average Bonchev–Trinajstić information content (AvgIpc) is 2.62. The third kappa shape index (κ3) is 4.29. The van der Waals surface area contributed by atoms with E-state index in [0.717, 1.165) is 11.3 Å². The van der Waals surface area contributed by atoms with E-state index in [4.69, 9.17) is 11.6 Å². The van der Waals surface area contributed by atoms with Crippen LogP contribution in [-0.4, -0.2) is 22.3 Å². The van der Waals surface area contributed by atoms with E-state index in [1.54, 1.807) is 19.1 Å². The van der Waals surface area contributed by atoms with Crippen LogP contribution in [0, 0.1) is 12.8 Å². The fraction of sp³-hybridized carbons (Fsp3) is 0.333. The molecule has 2 aromatic carbocycles. The summed E-state index contributed by atoms with van der Waals surface area (Å²) in [6.07, 6.45) is 0.168. The van der Waals surface area contributed by atoms with E-state index in [1.807, 2.05) is 43.3 Å². The number of nitrogens with one attached hydrogen (secondary N) is 1. The first kappa shape index (κ1) is 21.3. The van der Waals surface area contributed by atoms with Crippen molar-refractivity contribution in [2.75, 3.05) is 5.32 Å². The van der Waals surface area contributed by atoms with Crippen LogP contribution in [0.15, 0.2) is 59.8 Å². The van der Waals surface area contributed by atoms with Crippen LogP contribution in [0.25, 0.3) is 0 Å². The molecule has 3 unspecified atom stereocenters. The van der Waals surface area contributed by atoms with Crippen molar-refractivity contribution in [3.05, 3.63) is 76.0 Å². The lowest BCUT2D eigenvalue weighted by Crippen LogP contribution is -2.48. The number of carbonyl (C=O) groups excluding carboxylic acids is 2. The van der Waals surface area contributed by atoms with Gasteiger partial charge in [-0.3, -0.25) is 9.59 Å². The normalized spacial score (nSPS) is 24.3. The molecular formula is C24H26ClNO3. The Bertz CT molecular complexity index is 976. The number of rotatable bonds is 5. The number of allylic oxidation sites excluding steroid dienone is 1. The predicted molar refractivity (Wildman–Crippen MR) is 116 cm³/mol. The SMILES string of the molecule is CC(=O)C1=C(Nc2ccc(C)cc2)CC(C)(O)C(C(C)=O)C1c1ccccc1Cl. The minimum absolute atomic E-state index is 0.147. The van der Waals surface area contributed by atoms with Crippen LogP contribution in [0.1, 0.15) is 44.2 Å². The second-order valence-corrected chi connectivity index (χ2v) is 8.47. The molecule has 152 valence electrons. The lowest BCUT2D eigenvalue weighted by molar-refractivity contribution is -0.131. The number of anilines is 1. The first-order valence-electron chi connectivity index (χ1n) is 9.66. The van der Waals surface area contributed by atoms with E-state index < -0.39 is 17.4 Å². The van der Waals surface area contributed by atoms with E-state index in [9.17, 15) is 14.7 Å². The molecule has 5 heteroatoms. The molecule has 2 N–H and O–H groups in total. The molecule has 3 atom stereocenters. The first-order valence-corrected chi connectivity index (χ1v) is 10.0. The molecule has 0 spiro atoms. The van der Waals surface area contributed by atoms with Gasteiger partial charge >= 0.3 is 0 Å². The van der Waals surface area contributed by atoms with E-state index in [2.05, 4.69) is 5.32 Å². The quantitative estimate of drug-likeness (QED) is 0.722. The van der Waals surface area contributed by atoms with Crippen molar-refractivity contribution in [1.82, 2.24) is 0 Å². The summed E-state index contributed by atoms with van der Waals surface area (Å²) >= 11 is 6.47. The Morgan fingerprint density at radius 1 is 1.10 bits per heavy atom. The number of ketones is 2. The van der Waals surface area contributed by atoms with Crippen molar-refractivity contribution >= 4 is 28.9 Å². The van der Waals surface area contributed by atoms with Crippen LogP contribution < -0.4 is 5.32 Å². The number of hydrogen-bond acceptors (Lipinski definition) is 4. The Balaban J connectivity index is 2.23. The van der Waals surface area contributed by atoms with E-state index in [-0.39, 0.29) is 18.0 Å². The highest BCUT2D eigenvalue weighted by Crippen LogP contribution is 2.49. The maximum atomic E-state index is 12.8. The number of aliphatic hydroxyl groups is 1. The van der Waals surface area contributed by atoms with E-state index in [1.165, 1.54) is 13.8 Å². The van der Waals surface area contributed by atoms with Crippen LogP contribution in [0.2, 0.25) is 5.02 Å². The fourth-order valence-electron chi connectivity index (χ4n) is 4.37. The molecule has 0 heterocycles.